The molecule has 2 amide bonds. The highest BCUT2D eigenvalue weighted by Gasteiger charge is 2.22. The molecule has 5 heteroatoms. The predicted octanol–water partition coefficient (Wildman–Crippen LogP) is 3.19. The molecule has 1 saturated carbocycles. The fraction of sp³-hybridized carbons (Fsp3) is 0.571. The number of rotatable bonds is 5. The number of nitrogens with zero attached hydrogens (tertiary/aromatic N) is 2. The van der Waals surface area contributed by atoms with Crippen LogP contribution in [0.25, 0.3) is 0 Å². The van der Waals surface area contributed by atoms with Crippen molar-refractivity contribution in [2.24, 2.45) is 11.8 Å². The summed E-state index contributed by atoms with van der Waals surface area (Å²) >= 11 is 0. The van der Waals surface area contributed by atoms with Crippen LogP contribution in [0.2, 0.25) is 0 Å². The average Bonchev–Trinajstić information content (AvgIpc) is 2.72. The Morgan fingerprint density at radius 3 is 2.62 bits per heavy atom. The van der Waals surface area contributed by atoms with E-state index in [0.29, 0.717) is 23.9 Å². The van der Waals surface area contributed by atoms with Crippen LogP contribution in [0.1, 0.15) is 55.3 Å². The van der Waals surface area contributed by atoms with Gasteiger partial charge in [-0.05, 0) is 55.7 Å². The minimum Gasteiger partial charge on any atom is -0.352 e. The van der Waals surface area contributed by atoms with Crippen molar-refractivity contribution in [1.29, 1.82) is 0 Å². The highest BCUT2D eigenvalue weighted by Crippen LogP contribution is 2.24. The van der Waals surface area contributed by atoms with E-state index in [9.17, 15) is 9.59 Å². The first-order valence-electron chi connectivity index (χ1n) is 9.87. The van der Waals surface area contributed by atoms with Gasteiger partial charge in [-0.2, -0.15) is 0 Å². The van der Waals surface area contributed by atoms with Crippen molar-refractivity contribution >= 4 is 11.8 Å². The topological polar surface area (TPSA) is 62.3 Å². The van der Waals surface area contributed by atoms with Gasteiger partial charge in [0.1, 0.15) is 0 Å². The molecule has 0 aromatic carbocycles. The van der Waals surface area contributed by atoms with Crippen LogP contribution in [0.15, 0.2) is 36.7 Å². The Hall–Kier alpha value is -2.17. The van der Waals surface area contributed by atoms with E-state index in [0.717, 1.165) is 25.9 Å². The quantitative estimate of drug-likeness (QED) is 0.825. The molecule has 1 saturated heterocycles. The molecule has 0 unspecified atom stereocenters. The van der Waals surface area contributed by atoms with Gasteiger partial charge < -0.3 is 10.2 Å². The van der Waals surface area contributed by atoms with Crippen LogP contribution in [-0.4, -0.2) is 41.3 Å². The lowest BCUT2D eigenvalue weighted by Gasteiger charge is -2.31. The smallest absolute Gasteiger partial charge is 0.252 e. The van der Waals surface area contributed by atoms with Crippen LogP contribution in [0.4, 0.5) is 0 Å². The van der Waals surface area contributed by atoms with Crippen LogP contribution in [0, 0.1) is 11.8 Å². The molecule has 3 rings (SSSR count). The van der Waals surface area contributed by atoms with Crippen molar-refractivity contribution in [2.75, 3.05) is 19.6 Å². The Balaban J connectivity index is 1.37. The average molecular weight is 355 g/mol. The Bertz CT molecular complexity index is 615. The number of carbonyl (C=O) groups is 2. The predicted molar refractivity (Wildman–Crippen MR) is 102 cm³/mol. The number of nitrogens with one attached hydrogen (secondary N) is 1. The first kappa shape index (κ1) is 18.6. The van der Waals surface area contributed by atoms with Crippen molar-refractivity contribution in [2.45, 2.75) is 44.9 Å². The summed E-state index contributed by atoms with van der Waals surface area (Å²) in [6, 6.07) is 3.53. The fourth-order valence-electron chi connectivity index (χ4n) is 3.84. The third-order valence-corrected chi connectivity index (χ3v) is 5.56. The van der Waals surface area contributed by atoms with E-state index >= 15 is 0 Å². The van der Waals surface area contributed by atoms with Gasteiger partial charge in [0.05, 0.1) is 5.56 Å². The maximum absolute atomic E-state index is 12.4. The Morgan fingerprint density at radius 1 is 1.15 bits per heavy atom. The summed E-state index contributed by atoms with van der Waals surface area (Å²) in [5.41, 5.74) is 0.591. The lowest BCUT2D eigenvalue weighted by molar-refractivity contribution is -0.127. The highest BCUT2D eigenvalue weighted by molar-refractivity contribution is 5.93. The van der Waals surface area contributed by atoms with Crippen molar-refractivity contribution in [3.05, 3.63) is 42.2 Å². The molecule has 2 aliphatic rings. The summed E-state index contributed by atoms with van der Waals surface area (Å²) in [5.74, 6) is 1.09. The molecule has 1 aromatic heterocycles. The zero-order valence-electron chi connectivity index (χ0n) is 15.4. The lowest BCUT2D eigenvalue weighted by Crippen LogP contribution is -2.41. The number of likely N-dealkylation sites (tertiary alicyclic amines) is 1. The molecule has 26 heavy (non-hydrogen) atoms. The number of piperidine rings is 1. The molecule has 2 heterocycles. The first-order valence-corrected chi connectivity index (χ1v) is 9.87. The fourth-order valence-corrected chi connectivity index (χ4v) is 3.84. The summed E-state index contributed by atoms with van der Waals surface area (Å²) in [6.07, 6.45) is 15.4. The summed E-state index contributed by atoms with van der Waals surface area (Å²) < 4.78 is 0. The van der Waals surface area contributed by atoms with Gasteiger partial charge in [-0.15, -0.1) is 0 Å². The second kappa shape index (κ2) is 9.51. The minimum absolute atomic E-state index is 0.0768. The zero-order valence-corrected chi connectivity index (χ0v) is 15.4. The second-order valence-corrected chi connectivity index (χ2v) is 7.48. The van der Waals surface area contributed by atoms with Gasteiger partial charge in [0.15, 0.2) is 0 Å². The second-order valence-electron chi connectivity index (χ2n) is 7.48. The molecule has 1 N–H and O–H groups in total. The van der Waals surface area contributed by atoms with Gasteiger partial charge in [0.2, 0.25) is 5.91 Å². The summed E-state index contributed by atoms with van der Waals surface area (Å²) in [4.78, 5) is 30.3. The van der Waals surface area contributed by atoms with Crippen LogP contribution in [0.3, 0.4) is 0 Å². The Kier molecular flexibility index (Phi) is 6.81. The van der Waals surface area contributed by atoms with Gasteiger partial charge in [0, 0.05) is 32.0 Å². The van der Waals surface area contributed by atoms with Crippen LogP contribution in [0.5, 0.6) is 0 Å². The zero-order chi connectivity index (χ0) is 18.2. The molecule has 0 radical (unpaired) electrons. The van der Waals surface area contributed by atoms with E-state index in [-0.39, 0.29) is 11.8 Å². The van der Waals surface area contributed by atoms with E-state index in [2.05, 4.69) is 16.4 Å². The minimum atomic E-state index is -0.0768. The van der Waals surface area contributed by atoms with Crippen LogP contribution >= 0.6 is 0 Å². The number of amides is 2. The maximum Gasteiger partial charge on any atom is 0.252 e. The SMILES string of the molecule is O=C(NCC1CCN(C(=O)/C=C/C2CCCCC2)CC1)c1cccnc1. The van der Waals surface area contributed by atoms with E-state index in [1.165, 1.54) is 32.1 Å². The molecule has 2 fully saturated rings. The number of hydrogen-bond acceptors (Lipinski definition) is 3. The Labute approximate surface area is 155 Å². The van der Waals surface area contributed by atoms with Crippen LogP contribution in [-0.2, 0) is 4.79 Å². The number of carbonyl (C=O) groups excluding carboxylic acids is 2. The van der Waals surface area contributed by atoms with Crippen molar-refractivity contribution in [3.8, 4) is 0 Å². The summed E-state index contributed by atoms with van der Waals surface area (Å²) in [6.45, 7) is 2.22. The molecule has 1 aliphatic heterocycles. The molecular formula is C21H29N3O2. The monoisotopic (exact) mass is 355 g/mol. The summed E-state index contributed by atoms with van der Waals surface area (Å²) in [7, 11) is 0. The van der Waals surface area contributed by atoms with Gasteiger partial charge >= 0.3 is 0 Å². The standard InChI is InChI=1S/C21H29N3O2/c25-20(9-8-17-5-2-1-3-6-17)24-13-10-18(11-14-24)15-23-21(26)19-7-4-12-22-16-19/h4,7-9,12,16-18H,1-3,5-6,10-11,13-15H2,(H,23,26)/b9-8+. The van der Waals surface area contributed by atoms with Crippen molar-refractivity contribution < 1.29 is 9.59 Å². The van der Waals surface area contributed by atoms with Gasteiger partial charge in [-0.1, -0.05) is 25.3 Å². The van der Waals surface area contributed by atoms with E-state index < -0.39 is 0 Å². The highest BCUT2D eigenvalue weighted by atomic mass is 16.2. The molecule has 1 aromatic rings. The number of hydrogen-bond donors (Lipinski definition) is 1. The third kappa shape index (κ3) is 5.41. The van der Waals surface area contributed by atoms with Gasteiger partial charge in [-0.3, -0.25) is 14.6 Å². The van der Waals surface area contributed by atoms with Gasteiger partial charge in [0.25, 0.3) is 5.91 Å². The lowest BCUT2D eigenvalue weighted by atomic mass is 9.89. The van der Waals surface area contributed by atoms with Crippen molar-refractivity contribution in [3.63, 3.8) is 0 Å². The van der Waals surface area contributed by atoms with E-state index in [4.69, 9.17) is 0 Å². The number of pyridine rings is 1. The molecule has 0 atom stereocenters. The maximum atomic E-state index is 12.4. The molecule has 5 nitrogen and oxygen atoms in total. The molecule has 1 aliphatic carbocycles. The third-order valence-electron chi connectivity index (χ3n) is 5.56. The van der Waals surface area contributed by atoms with E-state index in [1.807, 2.05) is 4.90 Å². The van der Waals surface area contributed by atoms with E-state index in [1.54, 1.807) is 30.6 Å². The molecule has 0 spiro atoms. The summed E-state index contributed by atoms with van der Waals surface area (Å²) in [5, 5.41) is 2.98. The normalized spacial score (nSPS) is 19.6. The largest absolute Gasteiger partial charge is 0.352 e. The Morgan fingerprint density at radius 2 is 1.92 bits per heavy atom. The molecular weight excluding hydrogens is 326 g/mol. The number of aromatic nitrogens is 1. The van der Waals surface area contributed by atoms with Crippen LogP contribution < -0.4 is 5.32 Å². The first-order chi connectivity index (χ1) is 12.7. The molecule has 140 valence electrons. The number of allylic oxidation sites excluding steroid dienone is 1. The van der Waals surface area contributed by atoms with Crippen molar-refractivity contribution in [1.82, 2.24) is 15.2 Å². The molecule has 0 bridgehead atoms. The van der Waals surface area contributed by atoms with Gasteiger partial charge in [-0.25, -0.2) is 0 Å².